The van der Waals surface area contributed by atoms with Gasteiger partial charge in [0, 0.05) is 29.6 Å². The Hall–Kier alpha value is -3.62. The van der Waals surface area contributed by atoms with Gasteiger partial charge in [-0.2, -0.15) is 18.3 Å². The molecular weight excluding hydrogens is 436 g/mol. The van der Waals surface area contributed by atoms with E-state index in [9.17, 15) is 22.4 Å². The highest BCUT2D eigenvalue weighted by atomic mass is 19.4. The first-order valence-electron chi connectivity index (χ1n) is 10.6. The van der Waals surface area contributed by atoms with Gasteiger partial charge in [0.1, 0.15) is 5.82 Å². The van der Waals surface area contributed by atoms with Crippen molar-refractivity contribution < 1.29 is 22.4 Å². The van der Waals surface area contributed by atoms with Crippen molar-refractivity contribution in [1.82, 2.24) is 20.1 Å². The van der Waals surface area contributed by atoms with E-state index in [1.54, 1.807) is 18.3 Å². The van der Waals surface area contributed by atoms with E-state index >= 15 is 0 Å². The van der Waals surface area contributed by atoms with Crippen LogP contribution >= 0.6 is 0 Å². The van der Waals surface area contributed by atoms with E-state index in [4.69, 9.17) is 0 Å². The molecular formula is C24H20F4N4O. The average molecular weight is 456 g/mol. The summed E-state index contributed by atoms with van der Waals surface area (Å²) in [5.41, 5.74) is 2.16. The number of hydrogen-bond donors (Lipinski definition) is 2. The molecule has 4 aromatic rings. The third kappa shape index (κ3) is 4.22. The zero-order valence-electron chi connectivity index (χ0n) is 17.4. The van der Waals surface area contributed by atoms with Crippen LogP contribution in [0.15, 0.2) is 54.9 Å². The lowest BCUT2D eigenvalue weighted by Gasteiger charge is -2.12. The molecule has 5 nitrogen and oxygen atoms in total. The number of hydrogen-bond acceptors (Lipinski definition) is 2. The standard InChI is InChI=1S/C24H20F4N4O/c25-17-6-7-19-15(12-30-21(19)11-17)8-9-29-23(33)20-13-31-32(22(20)14-4-5-14)18-3-1-2-16(10-18)24(26,27)28/h1-3,6-7,10-14,30H,4-5,8-9H2,(H,29,33). The summed E-state index contributed by atoms with van der Waals surface area (Å²) >= 11 is 0. The summed E-state index contributed by atoms with van der Waals surface area (Å²) < 4.78 is 54.2. The van der Waals surface area contributed by atoms with Crippen molar-refractivity contribution in [2.24, 2.45) is 0 Å². The molecule has 170 valence electrons. The Kier molecular flexibility index (Phi) is 5.19. The van der Waals surface area contributed by atoms with E-state index in [2.05, 4.69) is 15.4 Å². The highest BCUT2D eigenvalue weighted by Gasteiger charge is 2.34. The van der Waals surface area contributed by atoms with Gasteiger partial charge < -0.3 is 10.3 Å². The predicted molar refractivity (Wildman–Crippen MR) is 115 cm³/mol. The normalized spacial score (nSPS) is 14.1. The van der Waals surface area contributed by atoms with Crippen LogP contribution in [-0.4, -0.2) is 27.2 Å². The highest BCUT2D eigenvalue weighted by molar-refractivity contribution is 5.95. The van der Waals surface area contributed by atoms with Gasteiger partial charge in [-0.05, 0) is 61.2 Å². The van der Waals surface area contributed by atoms with Crippen molar-refractivity contribution in [2.45, 2.75) is 31.4 Å². The van der Waals surface area contributed by atoms with Crippen molar-refractivity contribution in [3.05, 3.63) is 83.1 Å². The zero-order chi connectivity index (χ0) is 23.2. The molecule has 2 aromatic heterocycles. The lowest BCUT2D eigenvalue weighted by molar-refractivity contribution is -0.137. The summed E-state index contributed by atoms with van der Waals surface area (Å²) in [6.07, 6.45) is 0.998. The van der Waals surface area contributed by atoms with Crippen molar-refractivity contribution in [1.29, 1.82) is 0 Å². The first-order chi connectivity index (χ1) is 15.8. The van der Waals surface area contributed by atoms with Gasteiger partial charge in [0.15, 0.2) is 0 Å². The van der Waals surface area contributed by atoms with Gasteiger partial charge in [-0.3, -0.25) is 4.79 Å². The molecule has 5 rings (SSSR count). The Labute approximate surface area is 186 Å². The van der Waals surface area contributed by atoms with Crippen LogP contribution in [0.4, 0.5) is 17.6 Å². The molecule has 1 amide bonds. The van der Waals surface area contributed by atoms with Crippen LogP contribution in [0.1, 0.15) is 45.9 Å². The number of H-pyrrole nitrogens is 1. The van der Waals surface area contributed by atoms with E-state index in [0.29, 0.717) is 29.7 Å². The molecule has 0 aliphatic heterocycles. The number of aromatic amines is 1. The van der Waals surface area contributed by atoms with Gasteiger partial charge in [-0.15, -0.1) is 0 Å². The number of rotatable bonds is 6. The van der Waals surface area contributed by atoms with Crippen LogP contribution in [-0.2, 0) is 12.6 Å². The molecule has 2 aromatic carbocycles. The lowest BCUT2D eigenvalue weighted by Crippen LogP contribution is -2.26. The molecule has 0 unspecified atom stereocenters. The maximum absolute atomic E-state index is 13.4. The number of aromatic nitrogens is 3. The van der Waals surface area contributed by atoms with Crippen molar-refractivity contribution >= 4 is 16.8 Å². The van der Waals surface area contributed by atoms with E-state index in [1.807, 2.05) is 0 Å². The Balaban J connectivity index is 1.34. The fourth-order valence-corrected chi connectivity index (χ4v) is 4.07. The number of benzene rings is 2. The van der Waals surface area contributed by atoms with E-state index in [-0.39, 0.29) is 23.3 Å². The molecule has 0 saturated heterocycles. The third-order valence-corrected chi connectivity index (χ3v) is 5.84. The SMILES string of the molecule is O=C(NCCc1c[nH]c2cc(F)ccc12)c1cnn(-c2cccc(C(F)(F)F)c2)c1C1CC1. The van der Waals surface area contributed by atoms with E-state index < -0.39 is 11.7 Å². The van der Waals surface area contributed by atoms with Gasteiger partial charge in [0.2, 0.25) is 0 Å². The first-order valence-corrected chi connectivity index (χ1v) is 10.6. The number of halogens is 4. The maximum atomic E-state index is 13.4. The number of fused-ring (bicyclic) bond motifs is 1. The van der Waals surface area contributed by atoms with Crippen LogP contribution < -0.4 is 5.32 Å². The molecule has 2 heterocycles. The summed E-state index contributed by atoms with van der Waals surface area (Å²) in [7, 11) is 0. The minimum absolute atomic E-state index is 0.0892. The fraction of sp³-hybridized carbons (Fsp3) is 0.250. The summed E-state index contributed by atoms with van der Waals surface area (Å²) in [6, 6.07) is 9.45. The molecule has 0 spiro atoms. The number of nitrogens with one attached hydrogen (secondary N) is 2. The molecule has 9 heteroatoms. The fourth-order valence-electron chi connectivity index (χ4n) is 4.07. The predicted octanol–water partition coefficient (Wildman–Crippen LogP) is 5.36. The molecule has 0 atom stereocenters. The minimum atomic E-state index is -4.46. The highest BCUT2D eigenvalue weighted by Crippen LogP contribution is 2.42. The average Bonchev–Trinajstić information content (AvgIpc) is 3.40. The van der Waals surface area contributed by atoms with Gasteiger partial charge in [0.25, 0.3) is 5.91 Å². The molecule has 0 bridgehead atoms. The van der Waals surface area contributed by atoms with Crippen LogP contribution in [0.25, 0.3) is 16.6 Å². The topological polar surface area (TPSA) is 62.7 Å². The Bertz CT molecular complexity index is 1330. The largest absolute Gasteiger partial charge is 0.416 e. The third-order valence-electron chi connectivity index (χ3n) is 5.84. The summed E-state index contributed by atoms with van der Waals surface area (Å²) in [5, 5.41) is 8.01. The molecule has 1 aliphatic carbocycles. The number of carbonyl (C=O) groups is 1. The van der Waals surface area contributed by atoms with Gasteiger partial charge in [0.05, 0.1) is 28.7 Å². The molecule has 1 aliphatic rings. The smallest absolute Gasteiger partial charge is 0.361 e. The second kappa shape index (κ2) is 8.06. The lowest BCUT2D eigenvalue weighted by atomic mass is 10.1. The van der Waals surface area contributed by atoms with E-state index in [1.165, 1.54) is 29.1 Å². The first kappa shape index (κ1) is 21.2. The number of amides is 1. The van der Waals surface area contributed by atoms with Crippen LogP contribution in [0, 0.1) is 5.82 Å². The van der Waals surface area contributed by atoms with Crippen molar-refractivity contribution in [3.8, 4) is 5.69 Å². The second-order valence-electron chi connectivity index (χ2n) is 8.19. The monoisotopic (exact) mass is 456 g/mol. The molecule has 1 fully saturated rings. The zero-order valence-corrected chi connectivity index (χ0v) is 17.4. The Morgan fingerprint density at radius 1 is 1.18 bits per heavy atom. The van der Waals surface area contributed by atoms with Gasteiger partial charge >= 0.3 is 6.18 Å². The summed E-state index contributed by atoms with van der Waals surface area (Å²) in [6.45, 7) is 0.349. The maximum Gasteiger partial charge on any atom is 0.416 e. The van der Waals surface area contributed by atoms with Gasteiger partial charge in [-0.1, -0.05) is 6.07 Å². The number of alkyl halides is 3. The van der Waals surface area contributed by atoms with E-state index in [0.717, 1.165) is 35.9 Å². The quantitative estimate of drug-likeness (QED) is 0.384. The summed E-state index contributed by atoms with van der Waals surface area (Å²) in [4.78, 5) is 15.9. The number of nitrogens with zero attached hydrogens (tertiary/aromatic N) is 2. The van der Waals surface area contributed by atoms with Crippen LogP contribution in [0.5, 0.6) is 0 Å². The molecule has 1 saturated carbocycles. The Morgan fingerprint density at radius 2 is 2.00 bits per heavy atom. The Morgan fingerprint density at radius 3 is 2.76 bits per heavy atom. The van der Waals surface area contributed by atoms with Gasteiger partial charge in [-0.25, -0.2) is 9.07 Å². The van der Waals surface area contributed by atoms with Crippen LogP contribution in [0.3, 0.4) is 0 Å². The second-order valence-corrected chi connectivity index (χ2v) is 8.19. The molecule has 33 heavy (non-hydrogen) atoms. The van der Waals surface area contributed by atoms with Crippen molar-refractivity contribution in [3.63, 3.8) is 0 Å². The van der Waals surface area contributed by atoms with Crippen LogP contribution in [0.2, 0.25) is 0 Å². The van der Waals surface area contributed by atoms with Crippen molar-refractivity contribution in [2.75, 3.05) is 6.54 Å². The minimum Gasteiger partial charge on any atom is -0.361 e. The molecule has 2 N–H and O–H groups in total. The molecule has 0 radical (unpaired) electrons. The summed E-state index contributed by atoms with van der Waals surface area (Å²) in [5.74, 6) is -0.554. The number of carbonyl (C=O) groups excluding carboxylic acids is 1.